The molecule has 1 heterocycles. The van der Waals surface area contributed by atoms with Crippen LogP contribution in [0, 0.1) is 5.92 Å². The van der Waals surface area contributed by atoms with Crippen LogP contribution in [0.2, 0.25) is 0 Å². The van der Waals surface area contributed by atoms with E-state index in [4.69, 9.17) is 9.47 Å². The van der Waals surface area contributed by atoms with Gasteiger partial charge in [-0.1, -0.05) is 13.8 Å². The van der Waals surface area contributed by atoms with Crippen LogP contribution in [-0.4, -0.2) is 49.8 Å². The van der Waals surface area contributed by atoms with Crippen molar-refractivity contribution in [2.24, 2.45) is 5.92 Å². The maximum absolute atomic E-state index is 11.7. The first-order valence-corrected chi connectivity index (χ1v) is 6.63. The third-order valence-electron chi connectivity index (χ3n) is 2.90. The fraction of sp³-hybridized carbons (Fsp3) is 0.923. The lowest BCUT2D eigenvalue weighted by molar-refractivity contribution is -0.148. The van der Waals surface area contributed by atoms with E-state index in [1.807, 2.05) is 6.92 Å². The van der Waals surface area contributed by atoms with Crippen LogP contribution in [0.4, 0.5) is 0 Å². The van der Waals surface area contributed by atoms with Gasteiger partial charge in [0.25, 0.3) is 0 Å². The summed E-state index contributed by atoms with van der Waals surface area (Å²) < 4.78 is 10.6. The minimum absolute atomic E-state index is 0.0439. The predicted octanol–water partition coefficient (Wildman–Crippen LogP) is 1.69. The summed E-state index contributed by atoms with van der Waals surface area (Å²) in [6.07, 6.45) is 2.00. The number of rotatable bonds is 7. The Morgan fingerprint density at radius 1 is 1.47 bits per heavy atom. The Kier molecular flexibility index (Phi) is 6.52. The van der Waals surface area contributed by atoms with E-state index in [-0.39, 0.29) is 12.0 Å². The second-order valence-electron chi connectivity index (χ2n) is 4.91. The fourth-order valence-corrected chi connectivity index (χ4v) is 2.10. The Morgan fingerprint density at radius 2 is 2.24 bits per heavy atom. The van der Waals surface area contributed by atoms with Gasteiger partial charge in [-0.05, 0) is 32.2 Å². The van der Waals surface area contributed by atoms with Crippen LogP contribution in [0.3, 0.4) is 0 Å². The molecule has 1 aliphatic rings. The maximum atomic E-state index is 11.7. The molecule has 1 fully saturated rings. The zero-order valence-electron chi connectivity index (χ0n) is 11.3. The molecule has 100 valence electrons. The van der Waals surface area contributed by atoms with E-state index in [1.165, 1.54) is 0 Å². The van der Waals surface area contributed by atoms with Gasteiger partial charge in [-0.25, -0.2) is 0 Å². The molecule has 1 atom stereocenters. The highest BCUT2D eigenvalue weighted by molar-refractivity contribution is 5.76. The molecule has 4 heteroatoms. The zero-order valence-corrected chi connectivity index (χ0v) is 11.3. The highest BCUT2D eigenvalue weighted by Crippen LogP contribution is 2.17. The molecule has 1 unspecified atom stereocenters. The quantitative estimate of drug-likeness (QED) is 0.504. The van der Waals surface area contributed by atoms with Gasteiger partial charge in [-0.15, -0.1) is 0 Å². The van der Waals surface area contributed by atoms with Crippen molar-refractivity contribution >= 4 is 5.97 Å². The molecule has 0 aromatic heterocycles. The second-order valence-corrected chi connectivity index (χ2v) is 4.91. The summed E-state index contributed by atoms with van der Waals surface area (Å²) in [5, 5.41) is 0. The van der Waals surface area contributed by atoms with E-state index >= 15 is 0 Å². The summed E-state index contributed by atoms with van der Waals surface area (Å²) >= 11 is 0. The van der Waals surface area contributed by atoms with Gasteiger partial charge in [0.2, 0.25) is 0 Å². The number of hydrogen-bond donors (Lipinski definition) is 0. The van der Waals surface area contributed by atoms with E-state index in [0.29, 0.717) is 19.1 Å². The maximum Gasteiger partial charge on any atom is 0.323 e. The van der Waals surface area contributed by atoms with Crippen LogP contribution in [0.25, 0.3) is 0 Å². The SMILES string of the molecule is CCOC(=O)C1CCCN1CCOCC(C)C. The van der Waals surface area contributed by atoms with Crippen molar-refractivity contribution in [1.82, 2.24) is 4.90 Å². The summed E-state index contributed by atoms with van der Waals surface area (Å²) in [5.74, 6) is 0.489. The fourth-order valence-electron chi connectivity index (χ4n) is 2.10. The smallest absolute Gasteiger partial charge is 0.323 e. The van der Waals surface area contributed by atoms with E-state index in [2.05, 4.69) is 18.7 Å². The van der Waals surface area contributed by atoms with Gasteiger partial charge in [-0.2, -0.15) is 0 Å². The van der Waals surface area contributed by atoms with Crippen LogP contribution < -0.4 is 0 Å². The third kappa shape index (κ3) is 5.04. The standard InChI is InChI=1S/C13H25NO3/c1-4-17-13(15)12-6-5-7-14(12)8-9-16-10-11(2)3/h11-12H,4-10H2,1-3H3. The first-order chi connectivity index (χ1) is 8.15. The molecule has 1 rings (SSSR count). The van der Waals surface area contributed by atoms with Gasteiger partial charge in [0.1, 0.15) is 6.04 Å². The normalized spacial score (nSPS) is 21.1. The second kappa shape index (κ2) is 7.67. The molecule has 17 heavy (non-hydrogen) atoms. The molecule has 0 radical (unpaired) electrons. The van der Waals surface area contributed by atoms with Crippen molar-refractivity contribution in [3.63, 3.8) is 0 Å². The minimum atomic E-state index is -0.0751. The molecule has 0 aliphatic carbocycles. The highest BCUT2D eigenvalue weighted by atomic mass is 16.5. The molecular formula is C13H25NO3. The zero-order chi connectivity index (χ0) is 12.7. The molecular weight excluding hydrogens is 218 g/mol. The van der Waals surface area contributed by atoms with Gasteiger partial charge in [0, 0.05) is 13.2 Å². The third-order valence-corrected chi connectivity index (χ3v) is 2.90. The molecule has 0 amide bonds. The Morgan fingerprint density at radius 3 is 2.88 bits per heavy atom. The molecule has 0 spiro atoms. The number of esters is 1. The van der Waals surface area contributed by atoms with Gasteiger partial charge in [0.15, 0.2) is 0 Å². The van der Waals surface area contributed by atoms with E-state index in [1.54, 1.807) is 0 Å². The van der Waals surface area contributed by atoms with Crippen LogP contribution in [0.5, 0.6) is 0 Å². The lowest BCUT2D eigenvalue weighted by Crippen LogP contribution is -2.39. The van der Waals surface area contributed by atoms with Gasteiger partial charge in [0.05, 0.1) is 13.2 Å². The van der Waals surface area contributed by atoms with Crippen molar-refractivity contribution < 1.29 is 14.3 Å². The molecule has 0 bridgehead atoms. The Bertz CT molecular complexity index is 231. The van der Waals surface area contributed by atoms with Crippen molar-refractivity contribution in [2.45, 2.75) is 39.7 Å². The van der Waals surface area contributed by atoms with Gasteiger partial charge < -0.3 is 9.47 Å². The number of carbonyl (C=O) groups is 1. The van der Waals surface area contributed by atoms with E-state index < -0.39 is 0 Å². The molecule has 0 aromatic carbocycles. The average Bonchev–Trinajstić information content (AvgIpc) is 2.72. The highest BCUT2D eigenvalue weighted by Gasteiger charge is 2.31. The summed E-state index contributed by atoms with van der Waals surface area (Å²) in [6, 6.07) is -0.0439. The molecule has 0 N–H and O–H groups in total. The van der Waals surface area contributed by atoms with Crippen molar-refractivity contribution in [1.29, 1.82) is 0 Å². The van der Waals surface area contributed by atoms with E-state index in [0.717, 1.165) is 32.5 Å². The molecule has 1 aliphatic heterocycles. The van der Waals surface area contributed by atoms with Crippen LogP contribution in [0.15, 0.2) is 0 Å². The largest absolute Gasteiger partial charge is 0.465 e. The topological polar surface area (TPSA) is 38.8 Å². The minimum Gasteiger partial charge on any atom is -0.465 e. The Hall–Kier alpha value is -0.610. The number of ether oxygens (including phenoxy) is 2. The lowest BCUT2D eigenvalue weighted by atomic mass is 10.2. The van der Waals surface area contributed by atoms with Crippen LogP contribution in [0.1, 0.15) is 33.6 Å². The lowest BCUT2D eigenvalue weighted by Gasteiger charge is -2.22. The molecule has 0 aromatic rings. The first-order valence-electron chi connectivity index (χ1n) is 6.63. The summed E-state index contributed by atoms with van der Waals surface area (Å²) in [7, 11) is 0. The molecule has 1 saturated heterocycles. The van der Waals surface area contributed by atoms with Crippen molar-refractivity contribution in [3.05, 3.63) is 0 Å². The first kappa shape index (κ1) is 14.5. The predicted molar refractivity (Wildman–Crippen MR) is 66.9 cm³/mol. The number of hydrogen-bond acceptors (Lipinski definition) is 4. The molecule has 0 saturated carbocycles. The number of nitrogens with zero attached hydrogens (tertiary/aromatic N) is 1. The Labute approximate surface area is 104 Å². The average molecular weight is 243 g/mol. The van der Waals surface area contributed by atoms with E-state index in [9.17, 15) is 4.79 Å². The van der Waals surface area contributed by atoms with Gasteiger partial charge in [-0.3, -0.25) is 9.69 Å². The molecule has 4 nitrogen and oxygen atoms in total. The van der Waals surface area contributed by atoms with Crippen molar-refractivity contribution in [2.75, 3.05) is 32.9 Å². The number of carbonyl (C=O) groups excluding carboxylic acids is 1. The summed E-state index contributed by atoms with van der Waals surface area (Å²) in [5.41, 5.74) is 0. The van der Waals surface area contributed by atoms with Gasteiger partial charge >= 0.3 is 5.97 Å². The van der Waals surface area contributed by atoms with Crippen LogP contribution in [-0.2, 0) is 14.3 Å². The monoisotopic (exact) mass is 243 g/mol. The number of likely N-dealkylation sites (tertiary alicyclic amines) is 1. The van der Waals surface area contributed by atoms with Crippen molar-refractivity contribution in [3.8, 4) is 0 Å². The van der Waals surface area contributed by atoms with Crippen LogP contribution >= 0.6 is 0 Å². The summed E-state index contributed by atoms with van der Waals surface area (Å²) in [6.45, 7) is 9.89. The summed E-state index contributed by atoms with van der Waals surface area (Å²) in [4.78, 5) is 13.9. The Balaban J connectivity index is 2.24.